The van der Waals surface area contributed by atoms with E-state index in [1.165, 1.54) is 12.0 Å². The minimum absolute atomic E-state index is 0.246. The lowest BCUT2D eigenvalue weighted by atomic mass is 10.0. The molecule has 2 aliphatic rings. The molecule has 2 aliphatic heterocycles. The van der Waals surface area contributed by atoms with E-state index in [0.29, 0.717) is 29.0 Å². The van der Waals surface area contributed by atoms with E-state index in [9.17, 15) is 4.79 Å². The number of hydrogen-bond acceptors (Lipinski definition) is 6. The van der Waals surface area contributed by atoms with Gasteiger partial charge in [0, 0.05) is 77.9 Å². The van der Waals surface area contributed by atoms with Crippen molar-refractivity contribution in [3.05, 3.63) is 95.0 Å². The molecule has 0 unspecified atom stereocenters. The van der Waals surface area contributed by atoms with Crippen LogP contribution >= 0.6 is 11.6 Å². The number of hydrogen-bond donors (Lipinski definition) is 1. The lowest BCUT2D eigenvalue weighted by Gasteiger charge is -2.38. The van der Waals surface area contributed by atoms with E-state index in [-0.39, 0.29) is 11.7 Å². The van der Waals surface area contributed by atoms with Gasteiger partial charge in [0.15, 0.2) is 11.6 Å². The zero-order chi connectivity index (χ0) is 26.9. The van der Waals surface area contributed by atoms with Crippen molar-refractivity contribution >= 4 is 40.4 Å². The summed E-state index contributed by atoms with van der Waals surface area (Å²) in [7, 11) is 0. The number of amides is 1. The number of piperazine rings is 1. The van der Waals surface area contributed by atoms with Crippen LogP contribution in [0.5, 0.6) is 0 Å². The van der Waals surface area contributed by atoms with Crippen molar-refractivity contribution in [1.82, 2.24) is 9.88 Å². The highest BCUT2D eigenvalue weighted by atomic mass is 35.5. The fourth-order valence-electron chi connectivity index (χ4n) is 5.18. The largest absolute Gasteiger partial charge is 0.459 e. The third-order valence-corrected chi connectivity index (χ3v) is 7.76. The molecule has 2 aromatic heterocycles. The number of furan rings is 1. The standard InChI is InChI=1S/C31H30ClN5O2/c1-20(2)36-11-13-37(14-12-36)25-8-5-21(6-9-25)23-16-22-17-28(35-30(22)33-19-23)26-18-24(7-10-27(26)32)34-31(38)29-4-3-15-39-29/h3-10,15-16,18-20H,11-14,17H2,1-2H3,(H,34,38). The summed E-state index contributed by atoms with van der Waals surface area (Å²) in [6, 6.07) is 20.2. The number of nitrogens with one attached hydrogen (secondary N) is 1. The van der Waals surface area contributed by atoms with E-state index >= 15 is 0 Å². The van der Waals surface area contributed by atoms with Crippen LogP contribution in [0.2, 0.25) is 5.02 Å². The predicted molar refractivity (Wildman–Crippen MR) is 157 cm³/mol. The van der Waals surface area contributed by atoms with Crippen LogP contribution in [0.3, 0.4) is 0 Å². The molecule has 4 heterocycles. The Hall–Kier alpha value is -3.94. The molecule has 8 heteroatoms. The van der Waals surface area contributed by atoms with Crippen molar-refractivity contribution in [2.75, 3.05) is 36.4 Å². The molecule has 1 saturated heterocycles. The summed E-state index contributed by atoms with van der Waals surface area (Å²) in [6.45, 7) is 8.82. The Morgan fingerprint density at radius 1 is 1.00 bits per heavy atom. The number of benzene rings is 2. The van der Waals surface area contributed by atoms with Crippen molar-refractivity contribution in [3.8, 4) is 11.1 Å². The van der Waals surface area contributed by atoms with Gasteiger partial charge in [0.25, 0.3) is 5.91 Å². The molecule has 6 rings (SSSR count). The molecule has 1 fully saturated rings. The molecule has 7 nitrogen and oxygen atoms in total. The van der Waals surface area contributed by atoms with E-state index in [1.807, 2.05) is 12.3 Å². The van der Waals surface area contributed by atoms with Crippen LogP contribution in [-0.4, -0.2) is 53.7 Å². The SMILES string of the molecule is CC(C)N1CCN(c2ccc(-c3cnc4c(c3)CC(c3cc(NC(=O)c5ccco5)ccc3Cl)=N4)cc2)CC1. The van der Waals surface area contributed by atoms with Gasteiger partial charge in [-0.3, -0.25) is 9.69 Å². The molecule has 0 spiro atoms. The monoisotopic (exact) mass is 539 g/mol. The van der Waals surface area contributed by atoms with Crippen molar-refractivity contribution in [1.29, 1.82) is 0 Å². The van der Waals surface area contributed by atoms with Crippen molar-refractivity contribution in [2.45, 2.75) is 26.3 Å². The number of pyridine rings is 1. The molecule has 2 aromatic carbocycles. The van der Waals surface area contributed by atoms with Gasteiger partial charge >= 0.3 is 0 Å². The Morgan fingerprint density at radius 2 is 1.79 bits per heavy atom. The summed E-state index contributed by atoms with van der Waals surface area (Å²) in [6.07, 6.45) is 3.96. The van der Waals surface area contributed by atoms with E-state index in [4.69, 9.17) is 21.0 Å². The second-order valence-corrected chi connectivity index (χ2v) is 10.6. The lowest BCUT2D eigenvalue weighted by Crippen LogP contribution is -2.48. The molecule has 0 radical (unpaired) electrons. The number of carbonyl (C=O) groups is 1. The fraction of sp³-hybridized carbons (Fsp3) is 0.258. The van der Waals surface area contributed by atoms with Gasteiger partial charge in [0.1, 0.15) is 0 Å². The number of nitrogens with zero attached hydrogens (tertiary/aromatic N) is 4. The highest BCUT2D eigenvalue weighted by Gasteiger charge is 2.22. The zero-order valence-electron chi connectivity index (χ0n) is 22.0. The first-order valence-corrected chi connectivity index (χ1v) is 13.6. The Balaban J connectivity index is 1.15. The minimum Gasteiger partial charge on any atom is -0.459 e. The molecule has 39 heavy (non-hydrogen) atoms. The van der Waals surface area contributed by atoms with Crippen LogP contribution in [0.4, 0.5) is 17.2 Å². The number of carbonyl (C=O) groups excluding carboxylic acids is 1. The van der Waals surface area contributed by atoms with Gasteiger partial charge in [-0.2, -0.15) is 0 Å². The molecule has 198 valence electrons. The third-order valence-electron chi connectivity index (χ3n) is 7.43. The third kappa shape index (κ3) is 5.33. The highest BCUT2D eigenvalue weighted by Crippen LogP contribution is 2.34. The van der Waals surface area contributed by atoms with Crippen LogP contribution in [0.1, 0.15) is 35.5 Å². The van der Waals surface area contributed by atoms with Gasteiger partial charge in [-0.15, -0.1) is 0 Å². The molecule has 1 N–H and O–H groups in total. The fourth-order valence-corrected chi connectivity index (χ4v) is 5.41. The first kappa shape index (κ1) is 25.3. The summed E-state index contributed by atoms with van der Waals surface area (Å²) >= 11 is 6.55. The maximum absolute atomic E-state index is 12.4. The van der Waals surface area contributed by atoms with Crippen molar-refractivity contribution < 1.29 is 9.21 Å². The van der Waals surface area contributed by atoms with Gasteiger partial charge in [-0.1, -0.05) is 23.7 Å². The molecule has 0 saturated carbocycles. The Morgan fingerprint density at radius 3 is 2.51 bits per heavy atom. The normalized spacial score (nSPS) is 15.4. The van der Waals surface area contributed by atoms with Crippen molar-refractivity contribution in [2.24, 2.45) is 4.99 Å². The van der Waals surface area contributed by atoms with E-state index in [2.05, 4.69) is 64.3 Å². The topological polar surface area (TPSA) is 74.0 Å². The van der Waals surface area contributed by atoms with Crippen LogP contribution < -0.4 is 10.2 Å². The number of anilines is 2. The summed E-state index contributed by atoms with van der Waals surface area (Å²) in [4.78, 5) is 26.8. The molecular formula is C31H30ClN5O2. The molecule has 0 atom stereocenters. The molecule has 4 aromatic rings. The highest BCUT2D eigenvalue weighted by molar-refractivity contribution is 6.34. The minimum atomic E-state index is -0.319. The maximum atomic E-state index is 12.4. The Kier molecular flexibility index (Phi) is 6.94. The summed E-state index contributed by atoms with van der Waals surface area (Å²) in [5, 5.41) is 3.43. The van der Waals surface area contributed by atoms with Gasteiger partial charge in [-0.05, 0) is 67.9 Å². The van der Waals surface area contributed by atoms with E-state index < -0.39 is 0 Å². The number of halogens is 1. The Labute approximate surface area is 233 Å². The molecule has 0 aliphatic carbocycles. The van der Waals surface area contributed by atoms with Crippen LogP contribution in [0.25, 0.3) is 11.1 Å². The quantitative estimate of drug-likeness (QED) is 0.304. The summed E-state index contributed by atoms with van der Waals surface area (Å²) in [5.41, 5.74) is 6.72. The molecule has 1 amide bonds. The number of aromatic nitrogens is 1. The number of aliphatic imine (C=N–C) groups is 1. The molecular weight excluding hydrogens is 510 g/mol. The number of rotatable bonds is 6. The molecule has 0 bridgehead atoms. The lowest BCUT2D eigenvalue weighted by molar-refractivity contribution is 0.0996. The zero-order valence-corrected chi connectivity index (χ0v) is 22.8. The van der Waals surface area contributed by atoms with Crippen LogP contribution in [0, 0.1) is 0 Å². The Bertz CT molecular complexity index is 1520. The van der Waals surface area contributed by atoms with Crippen LogP contribution in [-0.2, 0) is 6.42 Å². The van der Waals surface area contributed by atoms with Gasteiger partial charge in [0.2, 0.25) is 0 Å². The van der Waals surface area contributed by atoms with Gasteiger partial charge in [0.05, 0.1) is 12.0 Å². The van der Waals surface area contributed by atoms with Gasteiger partial charge < -0.3 is 14.6 Å². The number of fused-ring (bicyclic) bond motifs is 1. The first-order valence-electron chi connectivity index (χ1n) is 13.3. The second-order valence-electron chi connectivity index (χ2n) is 10.2. The smallest absolute Gasteiger partial charge is 0.291 e. The first-order chi connectivity index (χ1) is 18.9. The maximum Gasteiger partial charge on any atom is 0.291 e. The van der Waals surface area contributed by atoms with E-state index in [1.54, 1.807) is 24.3 Å². The van der Waals surface area contributed by atoms with Crippen LogP contribution in [0.15, 0.2) is 82.5 Å². The van der Waals surface area contributed by atoms with Gasteiger partial charge in [-0.25, -0.2) is 9.98 Å². The second kappa shape index (κ2) is 10.7. The van der Waals surface area contributed by atoms with E-state index in [0.717, 1.165) is 54.1 Å². The van der Waals surface area contributed by atoms with Crippen molar-refractivity contribution in [3.63, 3.8) is 0 Å². The summed E-state index contributed by atoms with van der Waals surface area (Å²) < 4.78 is 5.19. The summed E-state index contributed by atoms with van der Waals surface area (Å²) in [5.74, 6) is 0.630. The predicted octanol–water partition coefficient (Wildman–Crippen LogP) is 6.45. The average molecular weight is 540 g/mol. The average Bonchev–Trinajstić information content (AvgIpc) is 3.64.